The van der Waals surface area contributed by atoms with Crippen LogP contribution in [-0.4, -0.2) is 19.9 Å². The van der Waals surface area contributed by atoms with Crippen molar-refractivity contribution in [3.8, 4) is 22.5 Å². The molecule has 0 bridgehead atoms. The van der Waals surface area contributed by atoms with Gasteiger partial charge in [0.25, 0.3) is 0 Å². The van der Waals surface area contributed by atoms with Gasteiger partial charge in [0.1, 0.15) is 0 Å². The fourth-order valence-electron chi connectivity index (χ4n) is 3.84. The first-order valence-corrected chi connectivity index (χ1v) is 10.7. The number of anilines is 2. The largest absolute Gasteiger partial charge is 0.356 e. The van der Waals surface area contributed by atoms with Crippen molar-refractivity contribution in [3.63, 3.8) is 0 Å². The predicted octanol–water partition coefficient (Wildman–Crippen LogP) is 6.65. The van der Waals surface area contributed by atoms with Crippen molar-refractivity contribution in [1.29, 1.82) is 0 Å². The molecule has 0 saturated heterocycles. The van der Waals surface area contributed by atoms with E-state index in [0.29, 0.717) is 0 Å². The van der Waals surface area contributed by atoms with Gasteiger partial charge in [0.15, 0.2) is 11.3 Å². The lowest BCUT2D eigenvalue weighted by Gasteiger charge is -2.09. The summed E-state index contributed by atoms with van der Waals surface area (Å²) in [6, 6.07) is 32.6. The highest BCUT2D eigenvalue weighted by Gasteiger charge is 2.05. The Bertz CT molecular complexity index is 1450. The fourth-order valence-corrected chi connectivity index (χ4v) is 3.84. The number of hydrogen-bond acceptors (Lipinski definition) is 5. The maximum Gasteiger partial charge on any atom is 0.159 e. The van der Waals surface area contributed by atoms with Gasteiger partial charge in [-0.1, -0.05) is 24.3 Å². The molecular formula is C28H19N5. The van der Waals surface area contributed by atoms with Crippen molar-refractivity contribution in [1.82, 2.24) is 19.9 Å². The molecule has 156 valence electrons. The number of nitrogens with zero attached hydrogens (tertiary/aromatic N) is 4. The smallest absolute Gasteiger partial charge is 0.159 e. The molecule has 0 aliphatic carbocycles. The third-order valence-electron chi connectivity index (χ3n) is 5.58. The lowest BCUT2D eigenvalue weighted by Crippen LogP contribution is -1.92. The number of hydrogen-bond donors (Lipinski definition) is 1. The van der Waals surface area contributed by atoms with Crippen LogP contribution >= 0.6 is 0 Å². The Morgan fingerprint density at radius 2 is 0.909 bits per heavy atom. The summed E-state index contributed by atoms with van der Waals surface area (Å²) in [6.07, 6.45) is 3.54. The zero-order valence-electron chi connectivity index (χ0n) is 17.7. The molecule has 1 N–H and O–H groups in total. The minimum atomic E-state index is 0.758. The molecule has 4 heterocycles. The zero-order valence-corrected chi connectivity index (χ0v) is 17.7. The molecule has 6 aromatic rings. The molecule has 0 atom stereocenters. The summed E-state index contributed by atoms with van der Waals surface area (Å²) in [7, 11) is 0. The molecule has 0 spiro atoms. The first kappa shape index (κ1) is 19.1. The van der Waals surface area contributed by atoms with Crippen LogP contribution in [0.1, 0.15) is 0 Å². The van der Waals surface area contributed by atoms with E-state index >= 15 is 0 Å². The van der Waals surface area contributed by atoms with E-state index in [1.54, 1.807) is 12.4 Å². The average Bonchev–Trinajstić information content (AvgIpc) is 2.89. The van der Waals surface area contributed by atoms with Crippen LogP contribution in [0.3, 0.4) is 0 Å². The molecule has 33 heavy (non-hydrogen) atoms. The van der Waals surface area contributed by atoms with E-state index in [1.165, 1.54) is 0 Å². The molecular weight excluding hydrogens is 406 g/mol. The Morgan fingerprint density at radius 1 is 0.455 bits per heavy atom. The SMILES string of the molecule is c1cnc2nc(-c3ccc(Nc4ccc(-c5ccc6cccnc6n5)cc4)cc3)ccc2c1. The number of nitrogens with one attached hydrogen (secondary N) is 1. The van der Waals surface area contributed by atoms with Crippen LogP contribution in [0.5, 0.6) is 0 Å². The van der Waals surface area contributed by atoms with Crippen LogP contribution in [0.15, 0.2) is 109 Å². The second kappa shape index (κ2) is 8.13. The lowest BCUT2D eigenvalue weighted by molar-refractivity contribution is 1.29. The monoisotopic (exact) mass is 425 g/mol. The number of benzene rings is 2. The summed E-state index contributed by atoms with van der Waals surface area (Å²) in [4.78, 5) is 18.1. The van der Waals surface area contributed by atoms with Crippen molar-refractivity contribution in [2.45, 2.75) is 0 Å². The van der Waals surface area contributed by atoms with Gasteiger partial charge in [-0.15, -0.1) is 0 Å². The number of fused-ring (bicyclic) bond motifs is 2. The molecule has 0 amide bonds. The summed E-state index contributed by atoms with van der Waals surface area (Å²) in [5, 5.41) is 5.53. The third kappa shape index (κ3) is 3.88. The molecule has 0 radical (unpaired) electrons. The third-order valence-corrected chi connectivity index (χ3v) is 5.58. The average molecular weight is 425 g/mol. The molecule has 0 aliphatic rings. The van der Waals surface area contributed by atoms with Gasteiger partial charge in [-0.05, 0) is 72.8 Å². The van der Waals surface area contributed by atoms with E-state index in [2.05, 4.69) is 85.9 Å². The summed E-state index contributed by atoms with van der Waals surface area (Å²) in [6.45, 7) is 0. The number of rotatable bonds is 4. The van der Waals surface area contributed by atoms with Crippen LogP contribution in [0.25, 0.3) is 44.6 Å². The van der Waals surface area contributed by atoms with Gasteiger partial charge >= 0.3 is 0 Å². The lowest BCUT2D eigenvalue weighted by atomic mass is 10.1. The predicted molar refractivity (Wildman–Crippen MR) is 133 cm³/mol. The highest BCUT2D eigenvalue weighted by Crippen LogP contribution is 2.26. The summed E-state index contributed by atoms with van der Waals surface area (Å²) >= 11 is 0. The van der Waals surface area contributed by atoms with Gasteiger partial charge in [0.2, 0.25) is 0 Å². The molecule has 6 rings (SSSR count). The van der Waals surface area contributed by atoms with Gasteiger partial charge in [0.05, 0.1) is 11.4 Å². The van der Waals surface area contributed by atoms with Crippen molar-refractivity contribution < 1.29 is 0 Å². The van der Waals surface area contributed by atoms with Crippen molar-refractivity contribution in [2.75, 3.05) is 5.32 Å². The molecule has 2 aromatic carbocycles. The topological polar surface area (TPSA) is 63.6 Å². The minimum Gasteiger partial charge on any atom is -0.356 e. The van der Waals surface area contributed by atoms with E-state index in [4.69, 9.17) is 0 Å². The Kier molecular flexibility index (Phi) is 4.70. The van der Waals surface area contributed by atoms with E-state index in [9.17, 15) is 0 Å². The zero-order chi connectivity index (χ0) is 22.0. The van der Waals surface area contributed by atoms with Crippen LogP contribution in [-0.2, 0) is 0 Å². The normalized spacial score (nSPS) is 11.0. The quantitative estimate of drug-likeness (QED) is 0.342. The van der Waals surface area contributed by atoms with Crippen LogP contribution < -0.4 is 5.32 Å². The molecule has 0 fully saturated rings. The molecule has 4 aromatic heterocycles. The summed E-state index contributed by atoms with van der Waals surface area (Å²) < 4.78 is 0. The van der Waals surface area contributed by atoms with Crippen molar-refractivity contribution in [3.05, 3.63) is 109 Å². The van der Waals surface area contributed by atoms with Crippen LogP contribution in [0.2, 0.25) is 0 Å². The summed E-state index contributed by atoms with van der Waals surface area (Å²) in [5.74, 6) is 0. The van der Waals surface area contributed by atoms with E-state index in [0.717, 1.165) is 56.0 Å². The molecule has 0 saturated carbocycles. The molecule has 0 unspecified atom stereocenters. The summed E-state index contributed by atoms with van der Waals surface area (Å²) in [5.41, 5.74) is 7.47. The van der Waals surface area contributed by atoms with E-state index in [-0.39, 0.29) is 0 Å². The molecule has 0 aliphatic heterocycles. The van der Waals surface area contributed by atoms with Crippen LogP contribution in [0, 0.1) is 0 Å². The maximum absolute atomic E-state index is 4.67. The molecule has 5 heteroatoms. The molecule has 5 nitrogen and oxygen atoms in total. The van der Waals surface area contributed by atoms with Gasteiger partial charge in [-0.3, -0.25) is 0 Å². The first-order valence-electron chi connectivity index (χ1n) is 10.7. The highest BCUT2D eigenvalue weighted by atomic mass is 14.9. The minimum absolute atomic E-state index is 0.758. The number of pyridine rings is 4. The van der Waals surface area contributed by atoms with Gasteiger partial charge in [-0.2, -0.15) is 0 Å². The van der Waals surface area contributed by atoms with E-state index < -0.39 is 0 Å². The van der Waals surface area contributed by atoms with E-state index in [1.807, 2.05) is 36.4 Å². The maximum atomic E-state index is 4.67. The Hall–Kier alpha value is -4.64. The number of aromatic nitrogens is 4. The highest BCUT2D eigenvalue weighted by molar-refractivity contribution is 5.79. The second-order valence-electron chi connectivity index (χ2n) is 7.77. The Balaban J connectivity index is 1.20. The fraction of sp³-hybridized carbons (Fsp3) is 0. The van der Waals surface area contributed by atoms with Crippen LogP contribution in [0.4, 0.5) is 11.4 Å². The van der Waals surface area contributed by atoms with Crippen molar-refractivity contribution in [2.24, 2.45) is 0 Å². The Labute approximate surface area is 190 Å². The standard InChI is InChI=1S/C28H19N5/c1-3-21-9-15-25(32-27(21)29-17-1)19-5-11-23(12-6-19)31-24-13-7-20(8-14-24)26-16-10-22-4-2-18-30-28(22)33-26/h1-18,31H. The van der Waals surface area contributed by atoms with Crippen molar-refractivity contribution >= 4 is 33.4 Å². The van der Waals surface area contributed by atoms with Gasteiger partial charge < -0.3 is 5.32 Å². The second-order valence-corrected chi connectivity index (χ2v) is 7.77. The van der Waals surface area contributed by atoms with Gasteiger partial charge in [0, 0.05) is 45.7 Å². The first-order chi connectivity index (χ1) is 16.3. The Morgan fingerprint density at radius 3 is 1.36 bits per heavy atom. The van der Waals surface area contributed by atoms with Gasteiger partial charge in [-0.25, -0.2) is 19.9 Å².